The third-order valence-electron chi connectivity index (χ3n) is 4.80. The molecule has 1 saturated carbocycles. The Morgan fingerprint density at radius 1 is 1.41 bits per heavy atom. The first-order chi connectivity index (χ1) is 10.1. The molecule has 1 heterocycles. The first-order valence-electron chi connectivity index (χ1n) is 7.51. The molecule has 6 heteroatoms. The number of nitrogens with zero attached hydrogens (tertiary/aromatic N) is 2. The lowest BCUT2D eigenvalue weighted by Gasteiger charge is -2.38. The maximum Gasteiger partial charge on any atom is 0.193 e. The fourth-order valence-electron chi connectivity index (χ4n) is 3.36. The lowest BCUT2D eigenvalue weighted by atomic mass is 9.68. The van der Waals surface area contributed by atoms with Crippen LogP contribution in [0.1, 0.15) is 31.2 Å². The third-order valence-corrected chi connectivity index (χ3v) is 5.09. The number of hydrogen-bond acceptors (Lipinski definition) is 1. The van der Waals surface area contributed by atoms with E-state index in [1.807, 2.05) is 7.05 Å². The molecule has 1 aliphatic carbocycles. The second kappa shape index (κ2) is 7.34. The minimum atomic E-state index is -0.378. The highest BCUT2D eigenvalue weighted by Crippen LogP contribution is 2.47. The molecule has 3 rings (SSSR count). The Balaban J connectivity index is 0.00000176. The molecule has 2 aliphatic rings. The predicted molar refractivity (Wildman–Crippen MR) is 99.5 cm³/mol. The quantitative estimate of drug-likeness (QED) is 0.429. The van der Waals surface area contributed by atoms with E-state index in [9.17, 15) is 4.39 Å². The van der Waals surface area contributed by atoms with Crippen LogP contribution in [0.25, 0.3) is 0 Å². The van der Waals surface area contributed by atoms with Gasteiger partial charge in [-0.05, 0) is 42.4 Å². The van der Waals surface area contributed by atoms with Gasteiger partial charge in [-0.1, -0.05) is 24.1 Å². The normalized spacial score (nSPS) is 19.8. The van der Waals surface area contributed by atoms with Gasteiger partial charge in [0.25, 0.3) is 0 Å². The van der Waals surface area contributed by atoms with Crippen molar-refractivity contribution in [3.05, 3.63) is 34.6 Å². The van der Waals surface area contributed by atoms with E-state index in [2.05, 4.69) is 15.2 Å². The highest BCUT2D eigenvalue weighted by Gasteiger charge is 2.43. The number of halogens is 3. The molecule has 2 fully saturated rings. The summed E-state index contributed by atoms with van der Waals surface area (Å²) in [4.78, 5) is 6.71. The van der Waals surface area contributed by atoms with E-state index < -0.39 is 0 Å². The first kappa shape index (κ1) is 17.8. The van der Waals surface area contributed by atoms with Gasteiger partial charge in [-0.25, -0.2) is 4.39 Å². The molecule has 22 heavy (non-hydrogen) atoms. The van der Waals surface area contributed by atoms with Crippen LogP contribution < -0.4 is 5.32 Å². The van der Waals surface area contributed by atoms with Crippen LogP contribution in [0.3, 0.4) is 0 Å². The number of aliphatic imine (C=N–C) groups is 1. The van der Waals surface area contributed by atoms with Gasteiger partial charge in [-0.2, -0.15) is 0 Å². The molecule has 1 spiro atoms. The Labute approximate surface area is 153 Å². The number of likely N-dealkylation sites (tertiary alicyclic amines) is 1. The van der Waals surface area contributed by atoms with Gasteiger partial charge in [0.15, 0.2) is 5.96 Å². The van der Waals surface area contributed by atoms with E-state index >= 15 is 0 Å². The van der Waals surface area contributed by atoms with E-state index in [4.69, 9.17) is 11.6 Å². The summed E-state index contributed by atoms with van der Waals surface area (Å²) in [6, 6.07) is 4.81. The van der Waals surface area contributed by atoms with Crippen molar-refractivity contribution >= 4 is 41.5 Å². The van der Waals surface area contributed by atoms with Crippen molar-refractivity contribution in [2.75, 3.05) is 20.1 Å². The molecule has 1 aliphatic heterocycles. The van der Waals surface area contributed by atoms with Gasteiger partial charge >= 0.3 is 0 Å². The fourth-order valence-corrected chi connectivity index (χ4v) is 3.57. The van der Waals surface area contributed by atoms with Crippen LogP contribution >= 0.6 is 35.6 Å². The summed E-state index contributed by atoms with van der Waals surface area (Å²) < 4.78 is 13.2. The minimum absolute atomic E-state index is 0. The lowest BCUT2D eigenvalue weighted by Crippen LogP contribution is -2.42. The van der Waals surface area contributed by atoms with Crippen molar-refractivity contribution in [1.82, 2.24) is 10.2 Å². The SMILES string of the molecule is CN=C(NCc1ccc(F)c(Cl)c1)N1CCC2(CCC2)C1.I. The van der Waals surface area contributed by atoms with Crippen LogP contribution in [0.2, 0.25) is 5.02 Å². The zero-order valence-corrected chi connectivity index (χ0v) is 15.8. The molecule has 0 atom stereocenters. The highest BCUT2D eigenvalue weighted by molar-refractivity contribution is 14.0. The van der Waals surface area contributed by atoms with Gasteiger partial charge in [-0.15, -0.1) is 24.0 Å². The first-order valence-corrected chi connectivity index (χ1v) is 7.89. The van der Waals surface area contributed by atoms with Crippen LogP contribution in [0, 0.1) is 11.2 Å². The van der Waals surface area contributed by atoms with E-state index in [1.165, 1.54) is 31.7 Å². The Morgan fingerprint density at radius 3 is 2.73 bits per heavy atom. The van der Waals surface area contributed by atoms with Gasteiger partial charge < -0.3 is 10.2 Å². The van der Waals surface area contributed by atoms with E-state index in [-0.39, 0.29) is 34.8 Å². The van der Waals surface area contributed by atoms with Crippen LogP contribution in [0.5, 0.6) is 0 Å². The molecular formula is C16H22ClFIN3. The smallest absolute Gasteiger partial charge is 0.193 e. The van der Waals surface area contributed by atoms with Crippen LogP contribution in [-0.2, 0) is 6.54 Å². The second-order valence-electron chi connectivity index (χ2n) is 6.17. The standard InChI is InChI=1S/C16H21ClFN3.HI/c1-19-15(21-8-7-16(11-21)5-2-6-16)20-10-12-3-4-14(18)13(17)9-12;/h3-4,9H,2,5-8,10-11H2,1H3,(H,19,20);1H. The molecule has 0 aromatic heterocycles. The van der Waals surface area contributed by atoms with Crippen molar-refractivity contribution in [3.63, 3.8) is 0 Å². The lowest BCUT2D eigenvalue weighted by molar-refractivity contribution is 0.151. The average molecular weight is 438 g/mol. The van der Waals surface area contributed by atoms with Crippen molar-refractivity contribution in [2.24, 2.45) is 10.4 Å². The average Bonchev–Trinajstić information content (AvgIpc) is 2.89. The fraction of sp³-hybridized carbons (Fsp3) is 0.562. The molecule has 1 N–H and O–H groups in total. The number of benzene rings is 1. The van der Waals surface area contributed by atoms with E-state index in [1.54, 1.807) is 12.1 Å². The molecule has 122 valence electrons. The van der Waals surface area contributed by atoms with E-state index in [0.717, 1.165) is 24.6 Å². The zero-order chi connectivity index (χ0) is 14.9. The van der Waals surface area contributed by atoms with Crippen molar-refractivity contribution in [2.45, 2.75) is 32.2 Å². The van der Waals surface area contributed by atoms with E-state index in [0.29, 0.717) is 12.0 Å². The zero-order valence-electron chi connectivity index (χ0n) is 12.7. The summed E-state index contributed by atoms with van der Waals surface area (Å²) >= 11 is 5.81. The topological polar surface area (TPSA) is 27.6 Å². The number of rotatable bonds is 2. The summed E-state index contributed by atoms with van der Waals surface area (Å²) in [5, 5.41) is 3.52. The van der Waals surface area contributed by atoms with Crippen LogP contribution in [-0.4, -0.2) is 31.0 Å². The van der Waals surface area contributed by atoms with Gasteiger partial charge in [-0.3, -0.25) is 4.99 Å². The molecule has 0 amide bonds. The highest BCUT2D eigenvalue weighted by atomic mass is 127. The number of nitrogens with one attached hydrogen (secondary N) is 1. The second-order valence-corrected chi connectivity index (χ2v) is 6.58. The summed E-state index contributed by atoms with van der Waals surface area (Å²) in [6.45, 7) is 2.79. The summed E-state index contributed by atoms with van der Waals surface area (Å²) in [7, 11) is 1.81. The van der Waals surface area contributed by atoms with Gasteiger partial charge in [0.2, 0.25) is 0 Å². The molecule has 0 unspecified atom stereocenters. The molecule has 1 saturated heterocycles. The molecule has 3 nitrogen and oxygen atoms in total. The molecular weight excluding hydrogens is 416 g/mol. The Morgan fingerprint density at radius 2 is 2.18 bits per heavy atom. The molecule has 0 radical (unpaired) electrons. The summed E-state index contributed by atoms with van der Waals surface area (Å²) in [5.74, 6) is 0.551. The van der Waals surface area contributed by atoms with Gasteiger partial charge in [0.05, 0.1) is 5.02 Å². The third kappa shape index (κ3) is 3.67. The maximum atomic E-state index is 13.2. The van der Waals surface area contributed by atoms with Crippen molar-refractivity contribution < 1.29 is 4.39 Å². The van der Waals surface area contributed by atoms with Crippen molar-refractivity contribution in [1.29, 1.82) is 0 Å². The maximum absolute atomic E-state index is 13.2. The Kier molecular flexibility index (Phi) is 5.94. The van der Waals surface area contributed by atoms with Gasteiger partial charge in [0.1, 0.15) is 5.82 Å². The largest absolute Gasteiger partial charge is 0.352 e. The molecule has 0 bridgehead atoms. The summed E-state index contributed by atoms with van der Waals surface area (Å²) in [5.41, 5.74) is 1.51. The molecule has 1 aromatic rings. The monoisotopic (exact) mass is 437 g/mol. The van der Waals surface area contributed by atoms with Crippen LogP contribution in [0.4, 0.5) is 4.39 Å². The number of hydrogen-bond donors (Lipinski definition) is 1. The van der Waals surface area contributed by atoms with Crippen molar-refractivity contribution in [3.8, 4) is 0 Å². The van der Waals surface area contributed by atoms with Gasteiger partial charge in [0, 0.05) is 26.7 Å². The summed E-state index contributed by atoms with van der Waals surface area (Å²) in [6.07, 6.45) is 5.35. The number of guanidine groups is 1. The Bertz CT molecular complexity index is 560. The van der Waals surface area contributed by atoms with Crippen LogP contribution in [0.15, 0.2) is 23.2 Å². The molecule has 1 aromatic carbocycles. The Hall–Kier alpha value is -0.560. The minimum Gasteiger partial charge on any atom is -0.352 e. The predicted octanol–water partition coefficient (Wildman–Crippen LogP) is 4.05.